The highest BCUT2D eigenvalue weighted by Gasteiger charge is 2.37. The Labute approximate surface area is 169 Å². The molecule has 0 saturated carbocycles. The number of benzene rings is 1. The maximum absolute atomic E-state index is 12.9. The summed E-state index contributed by atoms with van der Waals surface area (Å²) in [6, 6.07) is 5.95. The van der Waals surface area contributed by atoms with Gasteiger partial charge in [0.2, 0.25) is 11.8 Å². The summed E-state index contributed by atoms with van der Waals surface area (Å²) in [5, 5.41) is 6.79. The Morgan fingerprint density at radius 2 is 2.07 bits per heavy atom. The van der Waals surface area contributed by atoms with Crippen LogP contribution in [-0.4, -0.2) is 40.7 Å². The highest BCUT2D eigenvalue weighted by Crippen LogP contribution is 2.32. The Kier molecular flexibility index (Phi) is 6.00. The molecule has 29 heavy (non-hydrogen) atoms. The van der Waals surface area contributed by atoms with Crippen LogP contribution in [0.25, 0.3) is 0 Å². The van der Waals surface area contributed by atoms with Crippen LogP contribution in [-0.2, 0) is 27.8 Å². The zero-order valence-corrected chi connectivity index (χ0v) is 17.2. The number of nitrogens with one attached hydrogen (secondary N) is 1. The van der Waals surface area contributed by atoms with Crippen molar-refractivity contribution in [2.45, 2.75) is 33.6 Å². The van der Waals surface area contributed by atoms with Crippen molar-refractivity contribution in [3.05, 3.63) is 41.1 Å². The van der Waals surface area contributed by atoms with Gasteiger partial charge < -0.3 is 15.0 Å². The van der Waals surface area contributed by atoms with E-state index in [-0.39, 0.29) is 36.2 Å². The minimum atomic E-state index is -0.549. The molecule has 2 heterocycles. The number of esters is 1. The lowest BCUT2D eigenvalue weighted by molar-refractivity contribution is -0.122. The van der Waals surface area contributed by atoms with Crippen LogP contribution >= 0.6 is 0 Å². The molecule has 1 aromatic carbocycles. The van der Waals surface area contributed by atoms with Crippen molar-refractivity contribution in [3.63, 3.8) is 0 Å². The topological polar surface area (TPSA) is 93.5 Å². The average molecular weight is 398 g/mol. The van der Waals surface area contributed by atoms with Crippen LogP contribution < -0.4 is 10.2 Å². The molecular formula is C21H26N4O4. The average Bonchev–Trinajstić information content (AvgIpc) is 3.25. The van der Waals surface area contributed by atoms with Crippen molar-refractivity contribution in [1.82, 2.24) is 9.78 Å². The van der Waals surface area contributed by atoms with Gasteiger partial charge in [-0.2, -0.15) is 5.10 Å². The molecule has 0 aliphatic carbocycles. The molecule has 3 rings (SSSR count). The molecule has 1 atom stereocenters. The Balaban J connectivity index is 1.79. The Hall–Kier alpha value is -3.16. The predicted molar refractivity (Wildman–Crippen MR) is 109 cm³/mol. The van der Waals surface area contributed by atoms with Gasteiger partial charge in [0.05, 0.1) is 18.7 Å². The van der Waals surface area contributed by atoms with Crippen molar-refractivity contribution in [1.29, 1.82) is 0 Å². The van der Waals surface area contributed by atoms with Gasteiger partial charge in [0, 0.05) is 25.7 Å². The third-order valence-electron chi connectivity index (χ3n) is 5.14. The van der Waals surface area contributed by atoms with Crippen LogP contribution in [0.3, 0.4) is 0 Å². The largest absolute Gasteiger partial charge is 0.462 e. The van der Waals surface area contributed by atoms with Gasteiger partial charge in [-0.25, -0.2) is 4.79 Å². The first-order valence-electron chi connectivity index (χ1n) is 9.76. The lowest BCUT2D eigenvalue weighted by Crippen LogP contribution is -2.30. The van der Waals surface area contributed by atoms with E-state index < -0.39 is 11.9 Å². The minimum absolute atomic E-state index is 0.0789. The summed E-state index contributed by atoms with van der Waals surface area (Å²) in [5.41, 5.74) is 3.17. The number of ether oxygens (including phenoxy) is 1. The van der Waals surface area contributed by atoms with Gasteiger partial charge in [-0.1, -0.05) is 25.1 Å². The molecule has 1 aliphatic heterocycles. The van der Waals surface area contributed by atoms with Gasteiger partial charge >= 0.3 is 5.97 Å². The van der Waals surface area contributed by atoms with Crippen molar-refractivity contribution in [3.8, 4) is 0 Å². The zero-order chi connectivity index (χ0) is 21.1. The quantitative estimate of drug-likeness (QED) is 0.755. The van der Waals surface area contributed by atoms with E-state index in [1.165, 1.54) is 10.9 Å². The molecule has 0 radical (unpaired) electrons. The number of amides is 2. The van der Waals surface area contributed by atoms with Crippen LogP contribution in [0.15, 0.2) is 24.4 Å². The molecule has 1 N–H and O–H groups in total. The highest BCUT2D eigenvalue weighted by molar-refractivity contribution is 6.06. The van der Waals surface area contributed by atoms with E-state index in [2.05, 4.69) is 10.4 Å². The highest BCUT2D eigenvalue weighted by atomic mass is 16.5. The molecule has 8 nitrogen and oxygen atoms in total. The summed E-state index contributed by atoms with van der Waals surface area (Å²) in [7, 11) is 1.63. The van der Waals surface area contributed by atoms with Gasteiger partial charge in [-0.05, 0) is 31.4 Å². The third-order valence-corrected chi connectivity index (χ3v) is 5.14. The van der Waals surface area contributed by atoms with Crippen molar-refractivity contribution in [2.24, 2.45) is 13.0 Å². The smallest absolute Gasteiger partial charge is 0.343 e. The number of carbonyl (C=O) groups excluding carboxylic acids is 3. The fourth-order valence-corrected chi connectivity index (χ4v) is 3.65. The number of hydrogen-bond acceptors (Lipinski definition) is 5. The maximum Gasteiger partial charge on any atom is 0.343 e. The Morgan fingerprint density at radius 1 is 1.31 bits per heavy atom. The van der Waals surface area contributed by atoms with Crippen molar-refractivity contribution < 1.29 is 19.1 Å². The molecule has 2 amide bonds. The number of para-hydroxylation sites is 1. The van der Waals surface area contributed by atoms with Gasteiger partial charge in [-0.3, -0.25) is 14.3 Å². The standard InChI is InChI=1S/C21H26N4O4/c1-5-14-9-7-8-13(3)18(14)25-12-15(10-17(25)26)20(27)23-19-16(11-22-24(19)4)21(28)29-6-2/h7-9,11,15H,5-6,10,12H2,1-4H3,(H,23,27). The molecule has 0 spiro atoms. The third kappa shape index (κ3) is 4.01. The predicted octanol–water partition coefficient (Wildman–Crippen LogP) is 2.46. The van der Waals surface area contributed by atoms with E-state index in [0.717, 1.165) is 23.2 Å². The zero-order valence-electron chi connectivity index (χ0n) is 17.2. The normalized spacial score (nSPS) is 16.2. The maximum atomic E-state index is 12.9. The number of nitrogens with zero attached hydrogens (tertiary/aromatic N) is 3. The number of carbonyl (C=O) groups is 3. The Bertz CT molecular complexity index is 950. The molecule has 154 valence electrons. The Morgan fingerprint density at radius 3 is 2.76 bits per heavy atom. The van der Waals surface area contributed by atoms with Crippen molar-refractivity contribution in [2.75, 3.05) is 23.4 Å². The number of aryl methyl sites for hydroxylation is 3. The van der Waals surface area contributed by atoms with Crippen LogP contribution in [0.4, 0.5) is 11.5 Å². The number of anilines is 2. The summed E-state index contributed by atoms with van der Waals surface area (Å²) in [6.45, 7) is 6.25. The minimum Gasteiger partial charge on any atom is -0.462 e. The van der Waals surface area contributed by atoms with E-state index in [4.69, 9.17) is 4.74 Å². The fourth-order valence-electron chi connectivity index (χ4n) is 3.65. The molecule has 1 aromatic heterocycles. The second-order valence-corrected chi connectivity index (χ2v) is 7.08. The summed E-state index contributed by atoms with van der Waals surface area (Å²) >= 11 is 0. The number of hydrogen-bond donors (Lipinski definition) is 1. The molecule has 2 aromatic rings. The molecule has 0 bridgehead atoms. The van der Waals surface area contributed by atoms with Crippen molar-refractivity contribution >= 4 is 29.3 Å². The summed E-state index contributed by atoms with van der Waals surface area (Å²) in [4.78, 5) is 39.4. The van der Waals surface area contributed by atoms with Gasteiger partial charge in [0.25, 0.3) is 0 Å². The van der Waals surface area contributed by atoms with Crippen LogP contribution in [0.2, 0.25) is 0 Å². The first kappa shape index (κ1) is 20.6. The van der Waals surface area contributed by atoms with E-state index in [9.17, 15) is 14.4 Å². The lowest BCUT2D eigenvalue weighted by atomic mass is 10.0. The van der Waals surface area contributed by atoms with Gasteiger partial charge in [0.1, 0.15) is 11.4 Å². The van der Waals surface area contributed by atoms with E-state index in [1.54, 1.807) is 18.9 Å². The first-order chi connectivity index (χ1) is 13.9. The van der Waals surface area contributed by atoms with E-state index in [1.807, 2.05) is 32.0 Å². The fraction of sp³-hybridized carbons (Fsp3) is 0.429. The van der Waals surface area contributed by atoms with Crippen LogP contribution in [0.1, 0.15) is 41.8 Å². The van der Waals surface area contributed by atoms with Crippen LogP contribution in [0.5, 0.6) is 0 Å². The summed E-state index contributed by atoms with van der Waals surface area (Å²) < 4.78 is 6.43. The monoisotopic (exact) mass is 398 g/mol. The second-order valence-electron chi connectivity index (χ2n) is 7.08. The molecular weight excluding hydrogens is 372 g/mol. The summed E-state index contributed by atoms with van der Waals surface area (Å²) in [6.07, 6.45) is 2.28. The molecule has 8 heteroatoms. The molecule has 1 unspecified atom stereocenters. The van der Waals surface area contributed by atoms with Gasteiger partial charge in [0.15, 0.2) is 0 Å². The second kappa shape index (κ2) is 8.46. The lowest BCUT2D eigenvalue weighted by Gasteiger charge is -2.22. The SMILES string of the molecule is CCOC(=O)c1cnn(C)c1NC(=O)C1CC(=O)N(c2c(C)cccc2CC)C1. The molecule has 1 fully saturated rings. The van der Waals surface area contributed by atoms with Crippen LogP contribution in [0, 0.1) is 12.8 Å². The first-order valence-corrected chi connectivity index (χ1v) is 9.76. The molecule has 1 saturated heterocycles. The summed E-state index contributed by atoms with van der Waals surface area (Å²) in [5.74, 6) is -1.19. The van der Waals surface area contributed by atoms with Gasteiger partial charge in [-0.15, -0.1) is 0 Å². The van der Waals surface area contributed by atoms with E-state index in [0.29, 0.717) is 6.54 Å². The number of aromatic nitrogens is 2. The van der Waals surface area contributed by atoms with E-state index >= 15 is 0 Å². The molecule has 1 aliphatic rings. The number of rotatable bonds is 6.